The molecule has 0 amide bonds. The van der Waals surface area contributed by atoms with Crippen molar-refractivity contribution in [1.29, 1.82) is 0 Å². The molecule has 0 unspecified atom stereocenters. The van der Waals surface area contributed by atoms with E-state index in [1.54, 1.807) is 0 Å². The zero-order valence-electron chi connectivity index (χ0n) is 32.8. The molecule has 10 nitrogen and oxygen atoms in total. The van der Waals surface area contributed by atoms with E-state index in [-0.39, 0.29) is 36.6 Å². The van der Waals surface area contributed by atoms with Crippen LogP contribution in [0.1, 0.15) is 111 Å². The number of ether oxygens (including phenoxy) is 2. The number of aliphatic imine (C=N–C) groups is 1. The quantitative estimate of drug-likeness (QED) is 0.181. The number of allylic oxidation sites excluding steroid dienone is 3. The molecular formula is C48H50N4O6. The summed E-state index contributed by atoms with van der Waals surface area (Å²) in [6, 6.07) is 9.75. The summed E-state index contributed by atoms with van der Waals surface area (Å²) in [5.41, 5.74) is 15.4. The Morgan fingerprint density at radius 1 is 1.12 bits per heavy atom. The van der Waals surface area contributed by atoms with Crippen molar-refractivity contribution in [1.82, 2.24) is 10.2 Å². The van der Waals surface area contributed by atoms with Crippen LogP contribution in [0.3, 0.4) is 0 Å². The molecule has 9 atom stereocenters. The van der Waals surface area contributed by atoms with E-state index in [2.05, 4.69) is 40.3 Å². The summed E-state index contributed by atoms with van der Waals surface area (Å²) in [6.45, 7) is 2.56. The Bertz CT molecular complexity index is 2350. The summed E-state index contributed by atoms with van der Waals surface area (Å²) in [7, 11) is 0. The predicted octanol–water partition coefficient (Wildman–Crippen LogP) is 5.81. The third-order valence-corrected chi connectivity index (χ3v) is 13.8. The minimum atomic E-state index is -1.05. The molecule has 58 heavy (non-hydrogen) atoms. The third-order valence-electron chi connectivity index (χ3n) is 13.8. The van der Waals surface area contributed by atoms with E-state index >= 15 is 0 Å². The average molecular weight is 779 g/mol. The minimum Gasteiger partial charge on any atom is -0.465 e. The van der Waals surface area contributed by atoms with Crippen molar-refractivity contribution in [3.8, 4) is 35.4 Å². The molecule has 1 saturated carbocycles. The van der Waals surface area contributed by atoms with E-state index in [1.165, 1.54) is 5.57 Å². The van der Waals surface area contributed by atoms with Crippen molar-refractivity contribution in [2.24, 2.45) is 33.9 Å². The van der Waals surface area contributed by atoms with Gasteiger partial charge >= 0.3 is 0 Å². The van der Waals surface area contributed by atoms with Crippen LogP contribution in [0, 0.1) is 47.0 Å². The Hall–Kier alpha value is -5.10. The SMILES string of the molecule is C[C@H]1C=C[C@H]([C@@H](O)CC(=O)CCc2ccc3c(c2)O[C@H]2[C@@H](C#C[C@H](O)c4ccc5c6c4[C@H](CCC6=CN[C@H]5N)C4=CN=C5CN2C=C45)C2(C#CO3)CCCC2)[C@H](O)C1. The van der Waals surface area contributed by atoms with Crippen molar-refractivity contribution in [3.05, 3.63) is 100 Å². The number of rotatable bonds is 6. The van der Waals surface area contributed by atoms with Gasteiger partial charge in [-0.15, -0.1) is 0 Å². The summed E-state index contributed by atoms with van der Waals surface area (Å²) in [5.74, 6) is 10.8. The standard InChI is InChI=1S/C48H50N4O6/c1-27-4-9-32(40(55)20-27)41(56)22-30(53)8-5-28-6-15-42-43(21-28)58-47-37(48(18-19-57-42)16-2-3-17-48)13-14-39(54)33-11-12-34-44-29(23-51-46(34)49)7-10-31(45(33)44)35-24-50-38-26-52(47)25-36(35)38/h4,6,9,11-12,15,21,23-25,27,31-32,37,39-41,46-47,51,54-56H,2-3,5,7-8,10,16-17,20,22,26,49H2,1H3/t27-,31+,32-,37+,39-,40+,41-,46+,47-/m0/s1. The lowest BCUT2D eigenvalue weighted by Gasteiger charge is -2.39. The molecule has 1 spiro atoms. The number of carbonyl (C=O) groups is 1. The van der Waals surface area contributed by atoms with Crippen LogP contribution in [-0.2, 0) is 11.2 Å². The molecule has 10 rings (SSSR count). The van der Waals surface area contributed by atoms with E-state index in [1.807, 2.05) is 61.8 Å². The zero-order valence-corrected chi connectivity index (χ0v) is 32.8. The molecular weight excluding hydrogens is 729 g/mol. The largest absolute Gasteiger partial charge is 0.465 e. The number of aryl methyl sites for hydroxylation is 1. The normalized spacial score (nSPS) is 31.0. The minimum absolute atomic E-state index is 0.00780. The van der Waals surface area contributed by atoms with E-state index < -0.39 is 41.8 Å². The number of hydrogen-bond acceptors (Lipinski definition) is 10. The molecule has 5 aliphatic heterocycles. The Balaban J connectivity index is 1.00. The second-order valence-corrected chi connectivity index (χ2v) is 17.5. The summed E-state index contributed by atoms with van der Waals surface area (Å²) in [4.78, 5) is 20.4. The lowest BCUT2D eigenvalue weighted by Crippen LogP contribution is -2.47. The fourth-order valence-electron chi connectivity index (χ4n) is 10.7. The van der Waals surface area contributed by atoms with Gasteiger partial charge in [-0.1, -0.05) is 67.9 Å². The number of carbonyl (C=O) groups excluding carboxylic acids is 1. The van der Waals surface area contributed by atoms with Crippen LogP contribution in [0.15, 0.2) is 77.2 Å². The summed E-state index contributed by atoms with van der Waals surface area (Å²) < 4.78 is 13.3. The van der Waals surface area contributed by atoms with Gasteiger partial charge in [0.2, 0.25) is 0 Å². The van der Waals surface area contributed by atoms with E-state index in [0.717, 1.165) is 83.2 Å². The summed E-state index contributed by atoms with van der Waals surface area (Å²) >= 11 is 0. The highest BCUT2D eigenvalue weighted by Gasteiger charge is 2.49. The fourth-order valence-corrected chi connectivity index (χ4v) is 10.7. The van der Waals surface area contributed by atoms with Crippen LogP contribution in [0.5, 0.6) is 11.5 Å². The predicted molar refractivity (Wildman–Crippen MR) is 220 cm³/mol. The van der Waals surface area contributed by atoms with Gasteiger partial charge in [0.05, 0.1) is 35.8 Å². The van der Waals surface area contributed by atoms with Gasteiger partial charge in [0, 0.05) is 48.9 Å². The van der Waals surface area contributed by atoms with Crippen LogP contribution in [0.25, 0.3) is 5.57 Å². The molecule has 3 aliphatic carbocycles. The number of ketones is 1. The van der Waals surface area contributed by atoms with Crippen LogP contribution in [0.2, 0.25) is 0 Å². The maximum absolute atomic E-state index is 13.2. The van der Waals surface area contributed by atoms with Gasteiger partial charge in [-0.2, -0.15) is 0 Å². The van der Waals surface area contributed by atoms with Crippen molar-refractivity contribution in [2.75, 3.05) is 6.54 Å². The van der Waals surface area contributed by atoms with Gasteiger partial charge < -0.3 is 40.7 Å². The molecule has 0 aromatic heterocycles. The first-order chi connectivity index (χ1) is 28.2. The first kappa shape index (κ1) is 37.2. The molecule has 8 aliphatic rings. The van der Waals surface area contributed by atoms with Crippen LogP contribution >= 0.6 is 0 Å². The number of hydrogen-bond donors (Lipinski definition) is 5. The Kier molecular flexibility index (Phi) is 9.37. The van der Waals surface area contributed by atoms with Crippen molar-refractivity contribution in [2.45, 2.75) is 108 Å². The first-order valence-electron chi connectivity index (χ1n) is 21.0. The second kappa shape index (κ2) is 14.6. The van der Waals surface area contributed by atoms with Gasteiger partial charge in [0.25, 0.3) is 0 Å². The summed E-state index contributed by atoms with van der Waals surface area (Å²) in [6.07, 6.45) is 16.2. The highest BCUT2D eigenvalue weighted by atomic mass is 16.5. The number of nitrogens with two attached hydrogens (primary N) is 1. The highest BCUT2D eigenvalue weighted by molar-refractivity contribution is 6.10. The maximum atomic E-state index is 13.2. The average Bonchev–Trinajstić information content (AvgIpc) is 3.96. The Morgan fingerprint density at radius 2 is 1.97 bits per heavy atom. The van der Waals surface area contributed by atoms with Crippen molar-refractivity contribution in [3.63, 3.8) is 0 Å². The van der Waals surface area contributed by atoms with E-state index in [0.29, 0.717) is 30.9 Å². The smallest absolute Gasteiger partial charge is 0.187 e. The van der Waals surface area contributed by atoms with E-state index in [4.69, 9.17) is 20.2 Å². The topological polar surface area (TPSA) is 150 Å². The zero-order chi connectivity index (χ0) is 39.7. The van der Waals surface area contributed by atoms with Crippen molar-refractivity contribution < 1.29 is 29.6 Å². The summed E-state index contributed by atoms with van der Waals surface area (Å²) in [5, 5.41) is 36.9. The van der Waals surface area contributed by atoms with E-state index in [9.17, 15) is 20.1 Å². The fraction of sp³-hybridized carbons (Fsp3) is 0.458. The number of nitrogens with one attached hydrogen (secondary N) is 1. The first-order valence-corrected chi connectivity index (χ1v) is 21.0. The molecule has 298 valence electrons. The number of aliphatic hydroxyl groups excluding tert-OH is 3. The van der Waals surface area contributed by atoms with Gasteiger partial charge in [-0.05, 0) is 95.5 Å². The van der Waals surface area contributed by atoms with Gasteiger partial charge in [0.15, 0.2) is 17.7 Å². The highest BCUT2D eigenvalue weighted by Crippen LogP contribution is 2.53. The third kappa shape index (κ3) is 6.38. The lowest BCUT2D eigenvalue weighted by molar-refractivity contribution is -0.122. The molecule has 2 bridgehead atoms. The number of nitrogens with zero attached hydrogens (tertiary/aromatic N) is 2. The monoisotopic (exact) mass is 778 g/mol. The number of Topliss-reactive ketones (excluding diaryl/α,β-unsaturated/α-hetero) is 1. The molecule has 0 saturated heterocycles. The molecule has 6 N–H and O–H groups in total. The lowest BCUT2D eigenvalue weighted by atomic mass is 9.70. The molecule has 0 radical (unpaired) electrons. The molecule has 10 heteroatoms. The second-order valence-electron chi connectivity index (χ2n) is 17.5. The molecule has 2 aromatic carbocycles. The number of benzene rings is 2. The Labute approximate surface area is 339 Å². The molecule has 5 heterocycles. The van der Waals surface area contributed by atoms with Gasteiger partial charge in [-0.25, -0.2) is 0 Å². The van der Waals surface area contributed by atoms with Gasteiger partial charge in [0.1, 0.15) is 24.2 Å². The van der Waals surface area contributed by atoms with Crippen LogP contribution in [-0.4, -0.2) is 56.7 Å². The number of aliphatic hydroxyl groups is 3. The van der Waals surface area contributed by atoms with Crippen molar-refractivity contribution >= 4 is 17.1 Å². The van der Waals surface area contributed by atoms with Crippen LogP contribution in [0.4, 0.5) is 0 Å². The Morgan fingerprint density at radius 3 is 2.81 bits per heavy atom. The molecule has 1 fully saturated rings. The van der Waals surface area contributed by atoms with Gasteiger partial charge in [-0.3, -0.25) is 9.79 Å². The molecule has 2 aromatic rings. The maximum Gasteiger partial charge on any atom is 0.187 e. The number of fused-ring (bicyclic) bond motifs is 6. The van der Waals surface area contributed by atoms with Crippen LogP contribution < -0.4 is 20.5 Å².